The second-order valence-corrected chi connectivity index (χ2v) is 8.01. The van der Waals surface area contributed by atoms with E-state index in [9.17, 15) is 4.79 Å². The lowest BCUT2D eigenvalue weighted by molar-refractivity contribution is -0.194. The molecule has 2 aromatic rings. The number of ether oxygens (including phenoxy) is 2. The highest BCUT2D eigenvalue weighted by Crippen LogP contribution is 2.44. The van der Waals surface area contributed by atoms with Crippen LogP contribution in [0.15, 0.2) is 60.7 Å². The molecule has 138 valence electrons. The van der Waals surface area contributed by atoms with E-state index >= 15 is 0 Å². The Kier molecular flexibility index (Phi) is 5.05. The zero-order valence-corrected chi connectivity index (χ0v) is 15.9. The van der Waals surface area contributed by atoms with Gasteiger partial charge in [-0.05, 0) is 38.8 Å². The zero-order valence-electron chi connectivity index (χ0n) is 15.9. The molecule has 1 aliphatic heterocycles. The average Bonchev–Trinajstić information content (AvgIpc) is 2.58. The maximum Gasteiger partial charge on any atom is 0.411 e. The second kappa shape index (κ2) is 7.12. The molecule has 0 radical (unpaired) electrons. The van der Waals surface area contributed by atoms with E-state index in [4.69, 9.17) is 9.47 Å². The molecule has 4 heteroatoms. The minimum Gasteiger partial charge on any atom is -0.444 e. The van der Waals surface area contributed by atoms with Gasteiger partial charge in [0.2, 0.25) is 0 Å². The van der Waals surface area contributed by atoms with Crippen molar-refractivity contribution in [2.75, 3.05) is 6.61 Å². The molecule has 1 amide bonds. The highest BCUT2D eigenvalue weighted by molar-refractivity contribution is 5.70. The molecule has 0 aliphatic carbocycles. The largest absolute Gasteiger partial charge is 0.444 e. The summed E-state index contributed by atoms with van der Waals surface area (Å²) < 4.78 is 11.6. The summed E-state index contributed by atoms with van der Waals surface area (Å²) in [6.07, 6.45) is -0.479. The molecule has 0 spiro atoms. The van der Waals surface area contributed by atoms with Crippen LogP contribution in [0, 0.1) is 0 Å². The lowest BCUT2D eigenvalue weighted by Crippen LogP contribution is -2.63. The van der Waals surface area contributed by atoms with E-state index in [2.05, 4.69) is 6.92 Å². The van der Waals surface area contributed by atoms with E-state index in [1.807, 2.05) is 86.3 Å². The molecule has 0 N–H and O–H groups in total. The van der Waals surface area contributed by atoms with Crippen molar-refractivity contribution in [3.63, 3.8) is 0 Å². The number of carbonyl (C=O) groups is 1. The van der Waals surface area contributed by atoms with Crippen LogP contribution in [0.1, 0.15) is 44.9 Å². The number of hydrogen-bond donors (Lipinski definition) is 0. The maximum atomic E-state index is 13.0. The van der Waals surface area contributed by atoms with Crippen LogP contribution in [0.2, 0.25) is 0 Å². The van der Waals surface area contributed by atoms with Crippen LogP contribution < -0.4 is 0 Å². The van der Waals surface area contributed by atoms with Crippen molar-refractivity contribution in [3.8, 4) is 0 Å². The summed E-state index contributed by atoms with van der Waals surface area (Å²) in [7, 11) is 0. The van der Waals surface area contributed by atoms with Crippen LogP contribution in [0.5, 0.6) is 0 Å². The van der Waals surface area contributed by atoms with Crippen molar-refractivity contribution >= 4 is 6.09 Å². The highest BCUT2D eigenvalue weighted by atomic mass is 16.6. The van der Waals surface area contributed by atoms with Crippen LogP contribution in [-0.2, 0) is 16.0 Å². The van der Waals surface area contributed by atoms with E-state index in [1.165, 1.54) is 0 Å². The van der Waals surface area contributed by atoms with Gasteiger partial charge in [0.25, 0.3) is 0 Å². The molecule has 1 fully saturated rings. The Morgan fingerprint density at radius 2 is 1.69 bits per heavy atom. The number of benzene rings is 2. The third-order valence-corrected chi connectivity index (χ3v) is 4.62. The quantitative estimate of drug-likeness (QED) is 0.780. The van der Waals surface area contributed by atoms with Gasteiger partial charge in [0, 0.05) is 6.54 Å². The molecular weight excluding hydrogens is 326 g/mol. The van der Waals surface area contributed by atoms with Gasteiger partial charge in [-0.15, -0.1) is 0 Å². The number of carbonyl (C=O) groups excluding carboxylic acids is 1. The van der Waals surface area contributed by atoms with Crippen LogP contribution in [0.25, 0.3) is 0 Å². The standard InChI is InChI=1S/C22H27NO3/c1-21(2,3)26-20(24)23(15-17-11-7-5-8-12-17)22(4)16-25-19(22)18-13-9-6-10-14-18/h5-14,19H,15-16H2,1-4H3/t19-,22-/m1/s1. The summed E-state index contributed by atoms with van der Waals surface area (Å²) in [6.45, 7) is 8.71. The van der Waals surface area contributed by atoms with E-state index in [0.29, 0.717) is 13.2 Å². The normalized spacial score (nSPS) is 22.4. The maximum absolute atomic E-state index is 13.0. The summed E-state index contributed by atoms with van der Waals surface area (Å²) in [6, 6.07) is 20.0. The number of nitrogens with zero attached hydrogens (tertiary/aromatic N) is 1. The summed E-state index contributed by atoms with van der Waals surface area (Å²) in [5, 5.41) is 0. The molecule has 26 heavy (non-hydrogen) atoms. The van der Waals surface area contributed by atoms with Crippen LogP contribution in [-0.4, -0.2) is 28.7 Å². The minimum absolute atomic E-state index is 0.167. The Morgan fingerprint density at radius 3 is 2.19 bits per heavy atom. The first kappa shape index (κ1) is 18.5. The first-order chi connectivity index (χ1) is 12.3. The Labute approximate surface area is 155 Å². The van der Waals surface area contributed by atoms with Crippen molar-refractivity contribution in [1.82, 2.24) is 4.90 Å². The topological polar surface area (TPSA) is 38.8 Å². The summed E-state index contributed by atoms with van der Waals surface area (Å²) in [5.74, 6) is 0. The van der Waals surface area contributed by atoms with E-state index in [1.54, 1.807) is 0 Å². The van der Waals surface area contributed by atoms with Gasteiger partial charge in [-0.2, -0.15) is 0 Å². The fraction of sp³-hybridized carbons (Fsp3) is 0.409. The summed E-state index contributed by atoms with van der Waals surface area (Å²) in [4.78, 5) is 14.8. The molecular formula is C22H27NO3. The lowest BCUT2D eigenvalue weighted by Gasteiger charge is -2.53. The van der Waals surface area contributed by atoms with E-state index in [-0.39, 0.29) is 12.2 Å². The Balaban J connectivity index is 1.90. The number of hydrogen-bond acceptors (Lipinski definition) is 3. The predicted molar refractivity (Wildman–Crippen MR) is 102 cm³/mol. The van der Waals surface area contributed by atoms with E-state index < -0.39 is 11.1 Å². The molecule has 0 bridgehead atoms. The van der Waals surface area contributed by atoms with Crippen molar-refractivity contribution in [2.45, 2.75) is 51.5 Å². The van der Waals surface area contributed by atoms with Crippen LogP contribution >= 0.6 is 0 Å². The molecule has 3 rings (SSSR count). The summed E-state index contributed by atoms with van der Waals surface area (Å²) in [5.41, 5.74) is 1.13. The molecule has 0 saturated carbocycles. The first-order valence-corrected chi connectivity index (χ1v) is 9.01. The van der Waals surface area contributed by atoms with Crippen molar-refractivity contribution < 1.29 is 14.3 Å². The van der Waals surface area contributed by atoms with Crippen LogP contribution in [0.3, 0.4) is 0 Å². The van der Waals surface area contributed by atoms with Crippen molar-refractivity contribution in [3.05, 3.63) is 71.8 Å². The molecule has 1 aliphatic rings. The molecule has 1 heterocycles. The highest BCUT2D eigenvalue weighted by Gasteiger charge is 2.52. The zero-order chi connectivity index (χ0) is 18.8. The lowest BCUT2D eigenvalue weighted by atomic mass is 9.83. The van der Waals surface area contributed by atoms with E-state index in [0.717, 1.165) is 11.1 Å². The minimum atomic E-state index is -0.546. The molecule has 2 atom stereocenters. The monoisotopic (exact) mass is 353 g/mol. The van der Waals surface area contributed by atoms with Gasteiger partial charge in [0.05, 0.1) is 12.1 Å². The van der Waals surface area contributed by atoms with Gasteiger partial charge in [-0.1, -0.05) is 60.7 Å². The van der Waals surface area contributed by atoms with Crippen molar-refractivity contribution in [2.24, 2.45) is 0 Å². The van der Waals surface area contributed by atoms with Crippen LogP contribution in [0.4, 0.5) is 4.79 Å². The van der Waals surface area contributed by atoms with Gasteiger partial charge in [-0.25, -0.2) is 4.79 Å². The molecule has 1 saturated heterocycles. The molecule has 4 nitrogen and oxygen atoms in total. The second-order valence-electron chi connectivity index (χ2n) is 8.01. The smallest absolute Gasteiger partial charge is 0.411 e. The summed E-state index contributed by atoms with van der Waals surface area (Å²) >= 11 is 0. The van der Waals surface area contributed by atoms with Gasteiger partial charge >= 0.3 is 6.09 Å². The fourth-order valence-electron chi connectivity index (χ4n) is 3.25. The van der Waals surface area contributed by atoms with Crippen molar-refractivity contribution in [1.29, 1.82) is 0 Å². The number of amides is 1. The van der Waals surface area contributed by atoms with Gasteiger partial charge in [0.15, 0.2) is 0 Å². The Bertz CT molecular complexity index is 739. The third kappa shape index (κ3) is 3.91. The third-order valence-electron chi connectivity index (χ3n) is 4.62. The SMILES string of the molecule is CC(C)(C)OC(=O)N(Cc1ccccc1)[C@]1(C)CO[C@@H]1c1ccccc1. The average molecular weight is 353 g/mol. The Hall–Kier alpha value is -2.33. The first-order valence-electron chi connectivity index (χ1n) is 9.01. The fourth-order valence-corrected chi connectivity index (χ4v) is 3.25. The van der Waals surface area contributed by atoms with Gasteiger partial charge < -0.3 is 9.47 Å². The molecule has 2 aromatic carbocycles. The Morgan fingerprint density at radius 1 is 1.12 bits per heavy atom. The van der Waals surface area contributed by atoms with Gasteiger partial charge in [0.1, 0.15) is 11.7 Å². The van der Waals surface area contributed by atoms with Gasteiger partial charge in [-0.3, -0.25) is 4.90 Å². The number of rotatable bonds is 4. The predicted octanol–water partition coefficient (Wildman–Crippen LogP) is 4.95. The molecule has 0 unspecified atom stereocenters. The molecule has 0 aromatic heterocycles.